The van der Waals surface area contributed by atoms with Gasteiger partial charge in [0, 0.05) is 53.5 Å². The molecule has 1 heterocycles. The van der Waals surface area contributed by atoms with Crippen LogP contribution in [0.15, 0.2) is 0 Å². The minimum absolute atomic E-state index is 0.269. The van der Waals surface area contributed by atoms with Gasteiger partial charge < -0.3 is 5.32 Å². The summed E-state index contributed by atoms with van der Waals surface area (Å²) < 4.78 is 11.3. The van der Waals surface area contributed by atoms with Gasteiger partial charge in [0.2, 0.25) is 0 Å². The third-order valence-corrected chi connectivity index (χ3v) is 5.20. The molecule has 94 valence electrons. The second kappa shape index (κ2) is 5.15. The summed E-state index contributed by atoms with van der Waals surface area (Å²) in [5.41, 5.74) is 0. The Morgan fingerprint density at radius 2 is 2.19 bits per heavy atom. The van der Waals surface area contributed by atoms with Crippen molar-refractivity contribution in [1.82, 2.24) is 10.2 Å². The molecule has 4 atom stereocenters. The first-order chi connectivity index (χ1) is 7.58. The monoisotopic (exact) mass is 244 g/mol. The van der Waals surface area contributed by atoms with E-state index in [9.17, 15) is 4.21 Å². The van der Waals surface area contributed by atoms with Crippen molar-refractivity contribution in [2.75, 3.05) is 19.3 Å². The molecule has 1 N–H and O–H groups in total. The average molecular weight is 244 g/mol. The molecule has 1 aliphatic carbocycles. The van der Waals surface area contributed by atoms with E-state index >= 15 is 0 Å². The van der Waals surface area contributed by atoms with Gasteiger partial charge in [-0.1, -0.05) is 0 Å². The van der Waals surface area contributed by atoms with Gasteiger partial charge in [-0.15, -0.1) is 0 Å². The van der Waals surface area contributed by atoms with Crippen LogP contribution >= 0.6 is 0 Å². The molecule has 2 aliphatic rings. The van der Waals surface area contributed by atoms with Crippen molar-refractivity contribution in [3.8, 4) is 0 Å². The molecule has 0 amide bonds. The normalized spacial score (nSPS) is 35.2. The molecule has 0 spiro atoms. The smallest absolute Gasteiger partial charge is 0.0441 e. The van der Waals surface area contributed by atoms with Crippen LogP contribution < -0.4 is 5.32 Å². The fourth-order valence-electron chi connectivity index (χ4n) is 2.57. The second-order valence-corrected chi connectivity index (χ2v) is 7.23. The first kappa shape index (κ1) is 12.5. The van der Waals surface area contributed by atoms with Gasteiger partial charge in [-0.25, -0.2) is 0 Å². The zero-order valence-electron chi connectivity index (χ0n) is 10.6. The van der Waals surface area contributed by atoms with Crippen LogP contribution in [0, 0.1) is 0 Å². The van der Waals surface area contributed by atoms with E-state index in [2.05, 4.69) is 24.1 Å². The molecule has 2 rings (SSSR count). The Hall–Kier alpha value is 0.0700. The van der Waals surface area contributed by atoms with Crippen molar-refractivity contribution in [2.24, 2.45) is 0 Å². The van der Waals surface area contributed by atoms with E-state index in [4.69, 9.17) is 0 Å². The number of nitrogens with zero attached hydrogens (tertiary/aromatic N) is 1. The molecule has 0 bridgehead atoms. The first-order valence-electron chi connectivity index (χ1n) is 6.39. The van der Waals surface area contributed by atoms with E-state index in [0.29, 0.717) is 6.04 Å². The highest BCUT2D eigenvalue weighted by Crippen LogP contribution is 2.33. The van der Waals surface area contributed by atoms with Gasteiger partial charge in [0.05, 0.1) is 0 Å². The summed E-state index contributed by atoms with van der Waals surface area (Å²) in [6.45, 7) is 6.47. The lowest BCUT2D eigenvalue weighted by atomic mass is 10.2. The predicted octanol–water partition coefficient (Wildman–Crippen LogP) is 0.968. The van der Waals surface area contributed by atoms with Gasteiger partial charge >= 0.3 is 0 Å². The summed E-state index contributed by atoms with van der Waals surface area (Å²) in [6, 6.07) is 2.22. The molecule has 4 heteroatoms. The Labute approximate surface area is 101 Å². The fraction of sp³-hybridized carbons (Fsp3) is 1.00. The summed E-state index contributed by atoms with van der Waals surface area (Å²) in [5.74, 6) is 0. The van der Waals surface area contributed by atoms with E-state index in [1.807, 2.05) is 0 Å². The molecular weight excluding hydrogens is 220 g/mol. The molecule has 0 aromatic carbocycles. The highest BCUT2D eigenvalue weighted by Gasteiger charge is 2.38. The van der Waals surface area contributed by atoms with Crippen LogP contribution in [0.1, 0.15) is 33.1 Å². The van der Waals surface area contributed by atoms with Crippen LogP contribution in [0.3, 0.4) is 0 Å². The van der Waals surface area contributed by atoms with Gasteiger partial charge in [-0.2, -0.15) is 0 Å². The van der Waals surface area contributed by atoms with E-state index in [1.165, 1.54) is 25.8 Å². The zero-order valence-corrected chi connectivity index (χ0v) is 11.4. The van der Waals surface area contributed by atoms with Crippen LogP contribution in [0.25, 0.3) is 0 Å². The van der Waals surface area contributed by atoms with E-state index in [-0.39, 0.29) is 5.25 Å². The Bertz CT molecular complexity index is 268. The van der Waals surface area contributed by atoms with Crippen LogP contribution in [0.2, 0.25) is 0 Å². The van der Waals surface area contributed by atoms with Crippen molar-refractivity contribution in [3.63, 3.8) is 0 Å². The Morgan fingerprint density at radius 3 is 2.75 bits per heavy atom. The molecular formula is C12H24N2OS. The minimum Gasteiger partial charge on any atom is -0.311 e. The van der Waals surface area contributed by atoms with E-state index < -0.39 is 10.8 Å². The average Bonchev–Trinajstić information content (AvgIpc) is 3.00. The summed E-state index contributed by atoms with van der Waals surface area (Å²) in [5, 5.41) is 3.84. The SMILES string of the molecule is CC1CC(NCC(C)S(C)=O)CN1C1CC1. The Morgan fingerprint density at radius 1 is 1.50 bits per heavy atom. The second-order valence-electron chi connectivity index (χ2n) is 5.43. The summed E-state index contributed by atoms with van der Waals surface area (Å²) >= 11 is 0. The molecule has 1 saturated carbocycles. The maximum Gasteiger partial charge on any atom is 0.0441 e. The maximum absolute atomic E-state index is 11.3. The lowest BCUT2D eigenvalue weighted by Gasteiger charge is -2.20. The van der Waals surface area contributed by atoms with Crippen molar-refractivity contribution in [3.05, 3.63) is 0 Å². The highest BCUT2D eigenvalue weighted by molar-refractivity contribution is 7.84. The first-order valence-corrected chi connectivity index (χ1v) is 8.01. The molecule has 16 heavy (non-hydrogen) atoms. The third-order valence-electron chi connectivity index (χ3n) is 3.90. The van der Waals surface area contributed by atoms with Crippen LogP contribution in [0.4, 0.5) is 0 Å². The number of likely N-dealkylation sites (tertiary alicyclic amines) is 1. The lowest BCUT2D eigenvalue weighted by molar-refractivity contribution is 0.255. The number of rotatable bonds is 5. The standard InChI is InChI=1S/C12H24N2OS/c1-9-6-11(8-14(9)12-4-5-12)13-7-10(2)16(3)15/h9-13H,4-8H2,1-3H3. The van der Waals surface area contributed by atoms with Crippen molar-refractivity contribution in [2.45, 2.75) is 56.5 Å². The van der Waals surface area contributed by atoms with E-state index in [0.717, 1.165) is 18.6 Å². The van der Waals surface area contributed by atoms with Gasteiger partial charge in [0.15, 0.2) is 0 Å². The molecule has 3 nitrogen and oxygen atoms in total. The largest absolute Gasteiger partial charge is 0.311 e. The zero-order chi connectivity index (χ0) is 11.7. The molecule has 0 radical (unpaired) electrons. The van der Waals surface area contributed by atoms with E-state index in [1.54, 1.807) is 6.26 Å². The van der Waals surface area contributed by atoms with Crippen molar-refractivity contribution >= 4 is 10.8 Å². The quantitative estimate of drug-likeness (QED) is 0.782. The number of hydrogen-bond donors (Lipinski definition) is 1. The minimum atomic E-state index is -0.700. The van der Waals surface area contributed by atoms with Gasteiger partial charge in [-0.3, -0.25) is 9.11 Å². The molecule has 1 saturated heterocycles. The molecule has 0 aromatic rings. The maximum atomic E-state index is 11.3. The van der Waals surface area contributed by atoms with Crippen LogP contribution in [0.5, 0.6) is 0 Å². The van der Waals surface area contributed by atoms with Crippen LogP contribution in [-0.4, -0.2) is 51.8 Å². The molecule has 0 aromatic heterocycles. The summed E-state index contributed by atoms with van der Waals surface area (Å²) in [6.07, 6.45) is 5.83. The third kappa shape index (κ3) is 3.05. The number of nitrogens with one attached hydrogen (secondary N) is 1. The molecule has 1 aliphatic heterocycles. The van der Waals surface area contributed by atoms with Crippen molar-refractivity contribution < 1.29 is 4.21 Å². The van der Waals surface area contributed by atoms with Gasteiger partial charge in [-0.05, 0) is 33.1 Å². The lowest BCUT2D eigenvalue weighted by Crippen LogP contribution is -2.38. The Kier molecular flexibility index (Phi) is 4.03. The summed E-state index contributed by atoms with van der Waals surface area (Å²) in [7, 11) is -0.700. The molecule has 2 fully saturated rings. The summed E-state index contributed by atoms with van der Waals surface area (Å²) in [4.78, 5) is 2.64. The topological polar surface area (TPSA) is 32.3 Å². The number of hydrogen-bond acceptors (Lipinski definition) is 3. The predicted molar refractivity (Wildman–Crippen MR) is 69.1 cm³/mol. The Balaban J connectivity index is 1.73. The van der Waals surface area contributed by atoms with Gasteiger partial charge in [0.25, 0.3) is 0 Å². The van der Waals surface area contributed by atoms with Crippen molar-refractivity contribution in [1.29, 1.82) is 0 Å². The van der Waals surface area contributed by atoms with Crippen LogP contribution in [-0.2, 0) is 10.8 Å². The highest BCUT2D eigenvalue weighted by atomic mass is 32.2. The molecule has 4 unspecified atom stereocenters. The fourth-order valence-corrected chi connectivity index (χ4v) is 2.90. The van der Waals surface area contributed by atoms with Gasteiger partial charge in [0.1, 0.15) is 0 Å².